The van der Waals surface area contributed by atoms with E-state index in [1.807, 2.05) is 35.9 Å². The number of thiazole rings is 1. The van der Waals surface area contributed by atoms with Crippen molar-refractivity contribution in [3.8, 4) is 10.6 Å². The van der Waals surface area contributed by atoms with Gasteiger partial charge >= 0.3 is 0 Å². The lowest BCUT2D eigenvalue weighted by Gasteiger charge is -2.00. The van der Waals surface area contributed by atoms with E-state index in [1.54, 1.807) is 35.1 Å². The monoisotopic (exact) mass is 314 g/mol. The highest BCUT2D eigenvalue weighted by Crippen LogP contribution is 2.24. The fourth-order valence-electron chi connectivity index (χ4n) is 1.82. The summed E-state index contributed by atoms with van der Waals surface area (Å²) in [6.07, 6.45) is 3.52. The van der Waals surface area contributed by atoms with E-state index >= 15 is 0 Å². The van der Waals surface area contributed by atoms with Crippen LogP contribution in [0.5, 0.6) is 0 Å². The zero-order valence-electron chi connectivity index (χ0n) is 11.5. The average Bonchev–Trinajstić information content (AvgIpc) is 3.16. The number of rotatable bonds is 4. The summed E-state index contributed by atoms with van der Waals surface area (Å²) in [7, 11) is 0. The molecule has 3 aromatic heterocycles. The standard InChI is InChI=1S/C15H14N4S2/c1-2-16-15-19(18-10-12-6-3-4-8-17-12)13(11-21-15)14-7-5-9-20-14/h3-11H,2H2,1H3. The smallest absolute Gasteiger partial charge is 0.206 e. The van der Waals surface area contributed by atoms with Crippen molar-refractivity contribution in [3.05, 3.63) is 57.8 Å². The highest BCUT2D eigenvalue weighted by Gasteiger charge is 2.07. The maximum Gasteiger partial charge on any atom is 0.206 e. The summed E-state index contributed by atoms with van der Waals surface area (Å²) in [5.41, 5.74) is 1.89. The van der Waals surface area contributed by atoms with E-state index in [2.05, 4.69) is 31.9 Å². The molecule has 4 nitrogen and oxygen atoms in total. The van der Waals surface area contributed by atoms with Crippen LogP contribution in [0.3, 0.4) is 0 Å². The van der Waals surface area contributed by atoms with E-state index in [9.17, 15) is 0 Å². The van der Waals surface area contributed by atoms with Crippen molar-refractivity contribution in [1.29, 1.82) is 0 Å². The minimum Gasteiger partial charge on any atom is -0.258 e. The summed E-state index contributed by atoms with van der Waals surface area (Å²) in [6, 6.07) is 9.91. The zero-order chi connectivity index (χ0) is 14.5. The number of hydrogen-bond donors (Lipinski definition) is 0. The van der Waals surface area contributed by atoms with Crippen LogP contribution in [0.1, 0.15) is 12.6 Å². The molecule has 0 amide bonds. The van der Waals surface area contributed by atoms with Gasteiger partial charge in [0.05, 0.1) is 22.5 Å². The van der Waals surface area contributed by atoms with E-state index in [1.165, 1.54) is 4.88 Å². The second-order valence-electron chi connectivity index (χ2n) is 4.17. The molecule has 3 aromatic rings. The number of nitrogens with zero attached hydrogens (tertiary/aromatic N) is 4. The topological polar surface area (TPSA) is 42.5 Å². The third-order valence-electron chi connectivity index (χ3n) is 2.75. The number of thiophene rings is 1. The fourth-order valence-corrected chi connectivity index (χ4v) is 3.51. The van der Waals surface area contributed by atoms with Gasteiger partial charge in [0.15, 0.2) is 0 Å². The van der Waals surface area contributed by atoms with Gasteiger partial charge in [0.25, 0.3) is 0 Å². The van der Waals surface area contributed by atoms with E-state index in [4.69, 9.17) is 0 Å². The number of aromatic nitrogens is 2. The van der Waals surface area contributed by atoms with Gasteiger partial charge in [0, 0.05) is 18.1 Å². The quantitative estimate of drug-likeness (QED) is 0.680. The molecule has 21 heavy (non-hydrogen) atoms. The maximum absolute atomic E-state index is 4.56. The molecule has 106 valence electrons. The number of hydrogen-bond acceptors (Lipinski definition) is 5. The molecule has 0 N–H and O–H groups in total. The molecule has 3 rings (SSSR count). The van der Waals surface area contributed by atoms with Crippen LogP contribution in [0.2, 0.25) is 0 Å². The summed E-state index contributed by atoms with van der Waals surface area (Å²) in [5.74, 6) is 0. The molecule has 0 aliphatic heterocycles. The first-order chi connectivity index (χ1) is 10.4. The van der Waals surface area contributed by atoms with Gasteiger partial charge in [-0.15, -0.1) is 22.7 Å². The predicted octanol–water partition coefficient (Wildman–Crippen LogP) is 3.48. The maximum atomic E-state index is 4.56. The molecule has 0 aromatic carbocycles. The van der Waals surface area contributed by atoms with Gasteiger partial charge < -0.3 is 0 Å². The molecule has 0 atom stereocenters. The highest BCUT2D eigenvalue weighted by atomic mass is 32.1. The van der Waals surface area contributed by atoms with Crippen LogP contribution in [0.4, 0.5) is 0 Å². The van der Waals surface area contributed by atoms with Crippen molar-refractivity contribution < 1.29 is 0 Å². The molecule has 0 aliphatic carbocycles. The van der Waals surface area contributed by atoms with Crippen LogP contribution >= 0.6 is 22.7 Å². The summed E-state index contributed by atoms with van der Waals surface area (Å²) in [6.45, 7) is 2.76. The SMILES string of the molecule is CCN=c1scc(-c2cccs2)n1N=Cc1ccccn1. The van der Waals surface area contributed by atoms with Gasteiger partial charge in [-0.25, -0.2) is 4.68 Å². The van der Waals surface area contributed by atoms with E-state index < -0.39 is 0 Å². The second kappa shape index (κ2) is 6.60. The number of pyridine rings is 1. The Morgan fingerprint density at radius 3 is 2.90 bits per heavy atom. The van der Waals surface area contributed by atoms with Gasteiger partial charge in [-0.05, 0) is 30.5 Å². The fraction of sp³-hybridized carbons (Fsp3) is 0.133. The molecule has 0 saturated heterocycles. The lowest BCUT2D eigenvalue weighted by Crippen LogP contribution is -2.12. The van der Waals surface area contributed by atoms with Crippen LogP contribution < -0.4 is 4.80 Å². The normalized spacial score (nSPS) is 12.3. The Labute approximate surface area is 130 Å². The first kappa shape index (κ1) is 13.9. The lowest BCUT2D eigenvalue weighted by molar-refractivity contribution is 0.834. The Hall–Kier alpha value is -2.05. The third kappa shape index (κ3) is 3.17. The predicted molar refractivity (Wildman–Crippen MR) is 89.0 cm³/mol. The van der Waals surface area contributed by atoms with Crippen LogP contribution in [0.25, 0.3) is 10.6 Å². The summed E-state index contributed by atoms with van der Waals surface area (Å²) < 4.78 is 1.88. The molecule has 0 aliphatic rings. The Bertz CT molecular complexity index is 783. The van der Waals surface area contributed by atoms with Crippen LogP contribution in [0, 0.1) is 0 Å². The van der Waals surface area contributed by atoms with Gasteiger partial charge in [-0.2, -0.15) is 5.10 Å². The van der Waals surface area contributed by atoms with Gasteiger partial charge in [0.1, 0.15) is 0 Å². The van der Waals surface area contributed by atoms with Crippen LogP contribution in [-0.4, -0.2) is 22.4 Å². The summed E-state index contributed by atoms with van der Waals surface area (Å²) in [4.78, 5) is 10.8. The largest absolute Gasteiger partial charge is 0.258 e. The van der Waals surface area contributed by atoms with E-state index in [0.29, 0.717) is 0 Å². The van der Waals surface area contributed by atoms with Crippen molar-refractivity contribution in [1.82, 2.24) is 9.66 Å². The zero-order valence-corrected chi connectivity index (χ0v) is 13.1. The molecular weight excluding hydrogens is 300 g/mol. The van der Waals surface area contributed by atoms with Crippen molar-refractivity contribution in [2.45, 2.75) is 6.92 Å². The first-order valence-electron chi connectivity index (χ1n) is 6.59. The second-order valence-corrected chi connectivity index (χ2v) is 5.95. The Morgan fingerprint density at radius 2 is 2.19 bits per heavy atom. The molecule has 0 fully saturated rings. The van der Waals surface area contributed by atoms with Gasteiger partial charge in [0.2, 0.25) is 4.80 Å². The molecule has 0 unspecified atom stereocenters. The lowest BCUT2D eigenvalue weighted by atomic mass is 10.4. The van der Waals surface area contributed by atoms with Crippen molar-refractivity contribution in [2.75, 3.05) is 6.54 Å². The molecule has 0 saturated carbocycles. The molecule has 0 spiro atoms. The summed E-state index contributed by atoms with van der Waals surface area (Å²) in [5, 5.41) is 8.72. The third-order valence-corrected chi connectivity index (χ3v) is 4.49. The van der Waals surface area contributed by atoms with Crippen LogP contribution in [-0.2, 0) is 0 Å². The minimum atomic E-state index is 0.740. The van der Waals surface area contributed by atoms with Gasteiger partial charge in [-0.3, -0.25) is 9.98 Å². The Kier molecular flexibility index (Phi) is 4.37. The van der Waals surface area contributed by atoms with E-state index in [0.717, 1.165) is 22.7 Å². The minimum absolute atomic E-state index is 0.740. The molecule has 3 heterocycles. The van der Waals surface area contributed by atoms with E-state index in [-0.39, 0.29) is 0 Å². The van der Waals surface area contributed by atoms with Crippen LogP contribution in [0.15, 0.2) is 57.4 Å². The van der Waals surface area contributed by atoms with Crippen molar-refractivity contribution >= 4 is 28.9 Å². The molecule has 0 radical (unpaired) electrons. The first-order valence-corrected chi connectivity index (χ1v) is 8.34. The average molecular weight is 314 g/mol. The highest BCUT2D eigenvalue weighted by molar-refractivity contribution is 7.14. The van der Waals surface area contributed by atoms with Crippen molar-refractivity contribution in [3.63, 3.8) is 0 Å². The Balaban J connectivity index is 2.05. The molecule has 6 heteroatoms. The summed E-state index contributed by atoms with van der Waals surface area (Å²) >= 11 is 3.30. The van der Waals surface area contributed by atoms with Gasteiger partial charge in [-0.1, -0.05) is 12.1 Å². The van der Waals surface area contributed by atoms with Crippen molar-refractivity contribution in [2.24, 2.45) is 10.1 Å². The molecule has 0 bridgehead atoms. The molecular formula is C15H14N4S2. The Morgan fingerprint density at radius 1 is 1.24 bits per heavy atom.